The van der Waals surface area contributed by atoms with Crippen LogP contribution in [0.2, 0.25) is 0 Å². The summed E-state index contributed by atoms with van der Waals surface area (Å²) >= 11 is 0. The fraction of sp³-hybridized carbons (Fsp3) is 0.263. The van der Waals surface area contributed by atoms with Crippen LogP contribution < -0.4 is 5.32 Å². The van der Waals surface area contributed by atoms with Crippen molar-refractivity contribution in [2.75, 3.05) is 5.32 Å². The molecule has 118 valence electrons. The topological polar surface area (TPSA) is 46.4 Å². The number of carbonyl (C=O) groups excluding carboxylic acids is 1. The Balaban J connectivity index is 1.88. The molecule has 0 fully saturated rings. The number of nitrogens with zero attached hydrogens (tertiary/aromatic N) is 2. The second-order valence-electron chi connectivity index (χ2n) is 6.00. The minimum atomic E-state index is -0.0230. The molecule has 1 N–H and O–H groups in total. The zero-order valence-corrected chi connectivity index (χ0v) is 14.0. The van der Waals surface area contributed by atoms with E-state index in [4.69, 9.17) is 0 Å². The first-order chi connectivity index (χ1) is 11.0. The van der Waals surface area contributed by atoms with E-state index in [2.05, 4.69) is 10.3 Å². The summed E-state index contributed by atoms with van der Waals surface area (Å²) in [5.74, 6) is -0.0230. The van der Waals surface area contributed by atoms with Crippen molar-refractivity contribution in [3.63, 3.8) is 0 Å². The Bertz CT molecular complexity index is 893. The third-order valence-corrected chi connectivity index (χ3v) is 4.35. The maximum Gasteiger partial charge on any atom is 0.230 e. The molecule has 0 spiro atoms. The maximum absolute atomic E-state index is 12.5. The van der Waals surface area contributed by atoms with E-state index in [1.165, 1.54) is 5.56 Å². The molecule has 1 aromatic carbocycles. The van der Waals surface area contributed by atoms with Crippen molar-refractivity contribution in [2.24, 2.45) is 0 Å². The Hall–Kier alpha value is -2.62. The number of nitrogens with one attached hydrogen (secondary N) is 1. The maximum atomic E-state index is 12.5. The van der Waals surface area contributed by atoms with E-state index in [1.807, 2.05) is 68.6 Å². The molecule has 0 atom stereocenters. The van der Waals surface area contributed by atoms with Crippen LogP contribution in [-0.2, 0) is 11.2 Å². The molecular formula is C19H21N3O. The van der Waals surface area contributed by atoms with Gasteiger partial charge in [0.05, 0.1) is 17.8 Å². The highest BCUT2D eigenvalue weighted by Gasteiger charge is 2.14. The molecule has 0 unspecified atom stereocenters. The number of amides is 1. The number of aryl methyl sites for hydroxylation is 3. The Morgan fingerprint density at radius 1 is 1.09 bits per heavy atom. The first kappa shape index (κ1) is 15.3. The highest BCUT2D eigenvalue weighted by atomic mass is 16.1. The normalized spacial score (nSPS) is 11.0. The van der Waals surface area contributed by atoms with E-state index in [0.717, 1.165) is 33.8 Å². The van der Waals surface area contributed by atoms with E-state index >= 15 is 0 Å². The number of anilines is 1. The van der Waals surface area contributed by atoms with Gasteiger partial charge in [0.25, 0.3) is 0 Å². The number of benzene rings is 1. The summed E-state index contributed by atoms with van der Waals surface area (Å²) < 4.78 is 2.01. The molecule has 0 aliphatic rings. The summed E-state index contributed by atoms with van der Waals surface area (Å²) in [4.78, 5) is 17.1. The second-order valence-corrected chi connectivity index (χ2v) is 6.00. The Morgan fingerprint density at radius 2 is 1.83 bits per heavy atom. The molecular weight excluding hydrogens is 286 g/mol. The predicted molar refractivity (Wildman–Crippen MR) is 92.9 cm³/mol. The van der Waals surface area contributed by atoms with Gasteiger partial charge in [0, 0.05) is 11.9 Å². The third-order valence-electron chi connectivity index (χ3n) is 4.35. The van der Waals surface area contributed by atoms with Crippen molar-refractivity contribution in [3.8, 4) is 0 Å². The number of imidazole rings is 1. The van der Waals surface area contributed by atoms with Gasteiger partial charge in [0.2, 0.25) is 5.91 Å². The molecule has 0 aliphatic heterocycles. The van der Waals surface area contributed by atoms with Crippen LogP contribution in [0.1, 0.15) is 28.1 Å². The van der Waals surface area contributed by atoms with Gasteiger partial charge < -0.3 is 9.72 Å². The molecule has 1 amide bonds. The number of fused-ring (bicyclic) bond motifs is 1. The van der Waals surface area contributed by atoms with E-state index in [-0.39, 0.29) is 5.91 Å². The predicted octanol–water partition coefficient (Wildman–Crippen LogP) is 3.75. The highest BCUT2D eigenvalue weighted by molar-refractivity contribution is 5.93. The van der Waals surface area contributed by atoms with Crippen LogP contribution >= 0.6 is 0 Å². The summed E-state index contributed by atoms with van der Waals surface area (Å²) in [6, 6.07) is 9.95. The number of aromatic nitrogens is 2. The Labute approximate surface area is 136 Å². The number of pyridine rings is 1. The zero-order valence-electron chi connectivity index (χ0n) is 14.0. The van der Waals surface area contributed by atoms with Gasteiger partial charge in [-0.2, -0.15) is 0 Å². The van der Waals surface area contributed by atoms with Crippen molar-refractivity contribution >= 4 is 17.2 Å². The average molecular weight is 307 g/mol. The first-order valence-corrected chi connectivity index (χ1v) is 7.76. The van der Waals surface area contributed by atoms with Gasteiger partial charge in [0.1, 0.15) is 5.65 Å². The number of hydrogen-bond acceptors (Lipinski definition) is 2. The minimum Gasteiger partial charge on any atom is -0.326 e. The van der Waals surface area contributed by atoms with Crippen LogP contribution in [-0.4, -0.2) is 15.3 Å². The van der Waals surface area contributed by atoms with Crippen LogP contribution in [0.15, 0.2) is 36.5 Å². The molecule has 4 nitrogen and oxygen atoms in total. The van der Waals surface area contributed by atoms with Gasteiger partial charge in [-0.1, -0.05) is 18.2 Å². The summed E-state index contributed by atoms with van der Waals surface area (Å²) in [7, 11) is 0. The SMILES string of the molecule is Cc1cccc(NC(=O)Cc2c(C)nc3c(C)cccn23)c1C. The first-order valence-electron chi connectivity index (χ1n) is 7.76. The largest absolute Gasteiger partial charge is 0.326 e. The van der Waals surface area contributed by atoms with Crippen molar-refractivity contribution in [1.29, 1.82) is 0 Å². The molecule has 0 saturated carbocycles. The van der Waals surface area contributed by atoms with Crippen molar-refractivity contribution < 1.29 is 4.79 Å². The van der Waals surface area contributed by atoms with Crippen LogP contribution in [0.25, 0.3) is 5.65 Å². The van der Waals surface area contributed by atoms with Gasteiger partial charge in [-0.3, -0.25) is 4.79 Å². The van der Waals surface area contributed by atoms with Gasteiger partial charge in [-0.05, 0) is 56.5 Å². The number of rotatable bonds is 3. The molecule has 0 aliphatic carbocycles. The highest BCUT2D eigenvalue weighted by Crippen LogP contribution is 2.20. The van der Waals surface area contributed by atoms with Crippen molar-refractivity contribution in [3.05, 3.63) is 64.6 Å². The molecule has 0 radical (unpaired) electrons. The van der Waals surface area contributed by atoms with Crippen molar-refractivity contribution in [2.45, 2.75) is 34.1 Å². The van der Waals surface area contributed by atoms with E-state index in [0.29, 0.717) is 6.42 Å². The second kappa shape index (κ2) is 5.88. The quantitative estimate of drug-likeness (QED) is 0.801. The molecule has 3 aromatic rings. The molecule has 23 heavy (non-hydrogen) atoms. The standard InChI is InChI=1S/C19H21N3O/c1-12-7-5-9-16(14(12)3)21-18(23)11-17-15(4)20-19-13(2)8-6-10-22(17)19/h5-10H,11H2,1-4H3,(H,21,23). The van der Waals surface area contributed by atoms with Gasteiger partial charge in [-0.15, -0.1) is 0 Å². The monoisotopic (exact) mass is 307 g/mol. The fourth-order valence-electron chi connectivity index (χ4n) is 2.81. The van der Waals surface area contributed by atoms with E-state index < -0.39 is 0 Å². The lowest BCUT2D eigenvalue weighted by atomic mass is 10.1. The molecule has 3 rings (SSSR count). The Kier molecular flexibility index (Phi) is 3.90. The summed E-state index contributed by atoms with van der Waals surface area (Å²) in [6.45, 7) is 8.05. The lowest BCUT2D eigenvalue weighted by Gasteiger charge is -2.10. The minimum absolute atomic E-state index is 0.0230. The third kappa shape index (κ3) is 2.84. The lowest BCUT2D eigenvalue weighted by molar-refractivity contribution is -0.115. The smallest absolute Gasteiger partial charge is 0.230 e. The summed E-state index contributed by atoms with van der Waals surface area (Å²) in [5.41, 5.74) is 7.01. The lowest BCUT2D eigenvalue weighted by Crippen LogP contribution is -2.17. The van der Waals surface area contributed by atoms with Gasteiger partial charge in [0.15, 0.2) is 0 Å². The molecule has 0 saturated heterocycles. The van der Waals surface area contributed by atoms with Crippen molar-refractivity contribution in [1.82, 2.24) is 9.38 Å². The Morgan fingerprint density at radius 3 is 2.61 bits per heavy atom. The molecule has 2 heterocycles. The molecule has 4 heteroatoms. The fourth-order valence-corrected chi connectivity index (χ4v) is 2.81. The molecule has 0 bridgehead atoms. The van der Waals surface area contributed by atoms with E-state index in [1.54, 1.807) is 0 Å². The molecule has 2 aromatic heterocycles. The van der Waals surface area contributed by atoms with Gasteiger partial charge in [-0.25, -0.2) is 4.98 Å². The summed E-state index contributed by atoms with van der Waals surface area (Å²) in [5, 5.41) is 3.02. The number of hydrogen-bond donors (Lipinski definition) is 1. The average Bonchev–Trinajstić information content (AvgIpc) is 2.82. The van der Waals surface area contributed by atoms with Crippen LogP contribution in [0, 0.1) is 27.7 Å². The zero-order chi connectivity index (χ0) is 16.6. The van der Waals surface area contributed by atoms with Crippen LogP contribution in [0.5, 0.6) is 0 Å². The van der Waals surface area contributed by atoms with E-state index in [9.17, 15) is 4.79 Å². The van der Waals surface area contributed by atoms with Gasteiger partial charge >= 0.3 is 0 Å². The number of carbonyl (C=O) groups is 1. The van der Waals surface area contributed by atoms with Crippen LogP contribution in [0.4, 0.5) is 5.69 Å². The van der Waals surface area contributed by atoms with Crippen LogP contribution in [0.3, 0.4) is 0 Å². The summed E-state index contributed by atoms with van der Waals surface area (Å²) in [6.07, 6.45) is 2.27.